The Morgan fingerprint density at radius 1 is 1.14 bits per heavy atom. The maximum absolute atomic E-state index is 12.9. The molecule has 0 radical (unpaired) electrons. The zero-order chi connectivity index (χ0) is 19.3. The monoisotopic (exact) mass is 390 g/mol. The van der Waals surface area contributed by atoms with Crippen molar-refractivity contribution in [2.24, 2.45) is 0 Å². The largest absolute Gasteiger partial charge is 0.497 e. The molecule has 0 spiro atoms. The van der Waals surface area contributed by atoms with Crippen molar-refractivity contribution in [2.75, 3.05) is 7.11 Å². The van der Waals surface area contributed by atoms with Crippen LogP contribution in [0.25, 0.3) is 16.3 Å². The summed E-state index contributed by atoms with van der Waals surface area (Å²) in [5.74, 6) is 0.535. The summed E-state index contributed by atoms with van der Waals surface area (Å²) >= 11 is 1.58. The molecule has 0 saturated carbocycles. The van der Waals surface area contributed by atoms with Crippen LogP contribution in [-0.2, 0) is 6.54 Å². The van der Waals surface area contributed by atoms with Gasteiger partial charge >= 0.3 is 0 Å². The van der Waals surface area contributed by atoms with Gasteiger partial charge in [-0.15, -0.1) is 11.3 Å². The summed E-state index contributed by atoms with van der Waals surface area (Å²) in [6.45, 7) is 0.349. The normalized spacial score (nSPS) is 10.6. The highest BCUT2D eigenvalue weighted by molar-refractivity contribution is 7.13. The first-order valence-corrected chi connectivity index (χ1v) is 9.59. The van der Waals surface area contributed by atoms with E-state index in [-0.39, 0.29) is 5.91 Å². The Balaban J connectivity index is 1.66. The lowest BCUT2D eigenvalue weighted by atomic mass is 10.2. The highest BCUT2D eigenvalue weighted by atomic mass is 32.1. The molecule has 1 amide bonds. The molecule has 140 valence electrons. The number of hydrogen-bond donors (Lipinski definition) is 1. The van der Waals surface area contributed by atoms with Crippen molar-refractivity contribution in [2.45, 2.75) is 6.54 Å². The third-order valence-corrected chi connectivity index (χ3v) is 5.08. The first-order chi connectivity index (χ1) is 13.7. The Morgan fingerprint density at radius 2 is 2.00 bits per heavy atom. The molecule has 0 saturated heterocycles. The number of carbonyl (C=O) groups is 1. The van der Waals surface area contributed by atoms with Gasteiger partial charge in [0.25, 0.3) is 5.91 Å². The number of pyridine rings is 1. The van der Waals surface area contributed by atoms with Crippen LogP contribution in [0.4, 0.5) is 0 Å². The summed E-state index contributed by atoms with van der Waals surface area (Å²) in [5.41, 5.74) is 2.80. The summed E-state index contributed by atoms with van der Waals surface area (Å²) in [7, 11) is 1.62. The van der Waals surface area contributed by atoms with Crippen molar-refractivity contribution in [1.29, 1.82) is 0 Å². The van der Waals surface area contributed by atoms with Crippen molar-refractivity contribution in [3.63, 3.8) is 0 Å². The standard InChI is InChI=1S/C21H18N4O2S/c1-27-17-9-7-16(8-10-17)25-19(13-18(24-25)20-6-4-12-28-20)21(26)23-14-15-5-2-3-11-22-15/h2-13H,14H2,1H3,(H,23,26). The van der Waals surface area contributed by atoms with Crippen LogP contribution >= 0.6 is 11.3 Å². The highest BCUT2D eigenvalue weighted by Crippen LogP contribution is 2.26. The average molecular weight is 390 g/mol. The van der Waals surface area contributed by atoms with Gasteiger partial charge < -0.3 is 10.1 Å². The molecule has 28 heavy (non-hydrogen) atoms. The van der Waals surface area contributed by atoms with Gasteiger partial charge in [-0.25, -0.2) is 4.68 Å². The Labute approximate surface area is 166 Å². The number of carbonyl (C=O) groups excluding carboxylic acids is 1. The van der Waals surface area contributed by atoms with E-state index >= 15 is 0 Å². The van der Waals surface area contributed by atoms with Gasteiger partial charge in [0.15, 0.2) is 0 Å². The molecule has 1 N–H and O–H groups in total. The zero-order valence-electron chi connectivity index (χ0n) is 15.2. The van der Waals surface area contributed by atoms with E-state index < -0.39 is 0 Å². The van der Waals surface area contributed by atoms with Crippen LogP contribution in [0.15, 0.2) is 72.2 Å². The van der Waals surface area contributed by atoms with E-state index in [1.807, 2.05) is 66.0 Å². The molecule has 0 atom stereocenters. The first kappa shape index (κ1) is 17.9. The second-order valence-electron chi connectivity index (χ2n) is 6.01. The number of nitrogens with zero attached hydrogens (tertiary/aromatic N) is 3. The van der Waals surface area contributed by atoms with Crippen LogP contribution in [-0.4, -0.2) is 27.8 Å². The minimum Gasteiger partial charge on any atom is -0.497 e. The SMILES string of the molecule is COc1ccc(-n2nc(-c3cccs3)cc2C(=O)NCc2ccccn2)cc1. The van der Waals surface area contributed by atoms with E-state index in [0.29, 0.717) is 12.2 Å². The van der Waals surface area contributed by atoms with Crippen LogP contribution in [0.3, 0.4) is 0 Å². The fourth-order valence-corrected chi connectivity index (χ4v) is 3.45. The number of rotatable bonds is 6. The molecule has 7 heteroatoms. The highest BCUT2D eigenvalue weighted by Gasteiger charge is 2.18. The molecule has 3 aromatic heterocycles. The number of hydrogen-bond acceptors (Lipinski definition) is 5. The lowest BCUT2D eigenvalue weighted by Gasteiger charge is -2.09. The van der Waals surface area contributed by atoms with Gasteiger partial charge in [0, 0.05) is 6.20 Å². The molecular formula is C21H18N4O2S. The van der Waals surface area contributed by atoms with Crippen molar-refractivity contribution in [1.82, 2.24) is 20.1 Å². The van der Waals surface area contributed by atoms with Gasteiger partial charge in [0.1, 0.15) is 17.1 Å². The second kappa shape index (κ2) is 8.06. The molecule has 0 fully saturated rings. The third kappa shape index (κ3) is 3.79. The number of amides is 1. The Bertz CT molecular complexity index is 1060. The maximum Gasteiger partial charge on any atom is 0.270 e. The molecule has 0 aliphatic carbocycles. The Hall–Kier alpha value is -3.45. The van der Waals surface area contributed by atoms with Crippen molar-refractivity contribution in [3.05, 3.63) is 83.6 Å². The fourth-order valence-electron chi connectivity index (χ4n) is 2.77. The predicted molar refractivity (Wildman–Crippen MR) is 109 cm³/mol. The van der Waals surface area contributed by atoms with Crippen LogP contribution in [0.1, 0.15) is 16.2 Å². The van der Waals surface area contributed by atoms with Crippen molar-refractivity contribution >= 4 is 17.2 Å². The van der Waals surface area contributed by atoms with E-state index in [1.54, 1.807) is 29.3 Å². The summed E-state index contributed by atoms with van der Waals surface area (Å²) in [4.78, 5) is 18.1. The van der Waals surface area contributed by atoms with Gasteiger partial charge in [-0.1, -0.05) is 12.1 Å². The van der Waals surface area contributed by atoms with Crippen LogP contribution in [0, 0.1) is 0 Å². The number of thiophene rings is 1. The van der Waals surface area contributed by atoms with E-state index in [1.165, 1.54) is 0 Å². The van der Waals surface area contributed by atoms with E-state index in [9.17, 15) is 4.79 Å². The molecule has 3 heterocycles. The molecular weight excluding hydrogens is 372 g/mol. The van der Waals surface area contributed by atoms with Crippen molar-refractivity contribution < 1.29 is 9.53 Å². The van der Waals surface area contributed by atoms with Gasteiger partial charge in [-0.3, -0.25) is 9.78 Å². The number of ether oxygens (including phenoxy) is 1. The minimum atomic E-state index is -0.211. The average Bonchev–Trinajstić information content (AvgIpc) is 3.43. The lowest BCUT2D eigenvalue weighted by molar-refractivity contribution is 0.0942. The number of methoxy groups -OCH3 is 1. The van der Waals surface area contributed by atoms with E-state index in [0.717, 1.165) is 27.7 Å². The Kier molecular flexibility index (Phi) is 5.16. The summed E-state index contributed by atoms with van der Waals surface area (Å²) in [5, 5.41) is 9.58. The molecule has 0 unspecified atom stereocenters. The summed E-state index contributed by atoms with van der Waals surface area (Å²) in [6, 6.07) is 18.8. The first-order valence-electron chi connectivity index (χ1n) is 8.71. The molecule has 6 nitrogen and oxygen atoms in total. The van der Waals surface area contributed by atoms with Crippen molar-refractivity contribution in [3.8, 4) is 22.0 Å². The van der Waals surface area contributed by atoms with Crippen LogP contribution in [0.5, 0.6) is 5.75 Å². The number of nitrogens with one attached hydrogen (secondary N) is 1. The van der Waals surface area contributed by atoms with E-state index in [2.05, 4.69) is 15.4 Å². The third-order valence-electron chi connectivity index (χ3n) is 4.19. The zero-order valence-corrected chi connectivity index (χ0v) is 16.0. The molecule has 4 rings (SSSR count). The number of aromatic nitrogens is 3. The lowest BCUT2D eigenvalue weighted by Crippen LogP contribution is -2.25. The fraction of sp³-hybridized carbons (Fsp3) is 0.0952. The number of benzene rings is 1. The van der Waals surface area contributed by atoms with Crippen LogP contribution < -0.4 is 10.1 Å². The molecule has 1 aromatic carbocycles. The maximum atomic E-state index is 12.9. The smallest absolute Gasteiger partial charge is 0.270 e. The minimum absolute atomic E-state index is 0.211. The van der Waals surface area contributed by atoms with Gasteiger partial charge in [-0.05, 0) is 53.9 Å². The summed E-state index contributed by atoms with van der Waals surface area (Å²) < 4.78 is 6.88. The molecule has 0 aliphatic rings. The predicted octanol–water partition coefficient (Wildman–Crippen LogP) is 3.93. The molecule has 0 aliphatic heterocycles. The topological polar surface area (TPSA) is 69.0 Å². The molecule has 0 bridgehead atoms. The van der Waals surface area contributed by atoms with Crippen LogP contribution in [0.2, 0.25) is 0 Å². The quantitative estimate of drug-likeness (QED) is 0.542. The van der Waals surface area contributed by atoms with Gasteiger partial charge in [0.05, 0.1) is 29.9 Å². The summed E-state index contributed by atoms with van der Waals surface area (Å²) in [6.07, 6.45) is 1.71. The molecule has 4 aromatic rings. The second-order valence-corrected chi connectivity index (χ2v) is 6.95. The van der Waals surface area contributed by atoms with E-state index in [4.69, 9.17) is 4.74 Å². The van der Waals surface area contributed by atoms with Gasteiger partial charge in [-0.2, -0.15) is 5.10 Å². The Morgan fingerprint density at radius 3 is 2.68 bits per heavy atom. The van der Waals surface area contributed by atoms with Gasteiger partial charge in [0.2, 0.25) is 0 Å².